The predicted molar refractivity (Wildman–Crippen MR) is 56.1 cm³/mol. The second-order valence-corrected chi connectivity index (χ2v) is 2.75. The van der Waals surface area contributed by atoms with Gasteiger partial charge in [-0.15, -0.1) is 12.4 Å². The third-order valence-corrected chi connectivity index (χ3v) is 1.94. The molecular formula is C9H14ClNO3. The van der Waals surface area contributed by atoms with Gasteiger partial charge in [-0.25, -0.2) is 0 Å². The highest BCUT2D eigenvalue weighted by Crippen LogP contribution is 2.11. The fourth-order valence-corrected chi connectivity index (χ4v) is 1.29. The smallest absolute Gasteiger partial charge is 0.223 e. The van der Waals surface area contributed by atoms with Crippen LogP contribution in [0.25, 0.3) is 0 Å². The summed E-state index contributed by atoms with van der Waals surface area (Å²) >= 11 is 0. The molecule has 0 fully saturated rings. The van der Waals surface area contributed by atoms with Crippen LogP contribution in [0.1, 0.15) is 12.6 Å². The van der Waals surface area contributed by atoms with Crippen LogP contribution in [0.4, 0.5) is 0 Å². The molecule has 1 heterocycles. The molecule has 0 spiro atoms. The van der Waals surface area contributed by atoms with Gasteiger partial charge in [-0.3, -0.25) is 4.79 Å². The molecule has 2 N–H and O–H groups in total. The monoisotopic (exact) mass is 219 g/mol. The second-order valence-electron chi connectivity index (χ2n) is 2.75. The number of pyridine rings is 1. The first kappa shape index (κ1) is 13.0. The number of aromatic nitrogens is 1. The Balaban J connectivity index is 0.00000169. The van der Waals surface area contributed by atoms with Crippen molar-refractivity contribution in [2.45, 2.75) is 19.9 Å². The van der Waals surface area contributed by atoms with E-state index in [1.807, 2.05) is 6.92 Å². The van der Waals surface area contributed by atoms with Gasteiger partial charge >= 0.3 is 0 Å². The zero-order valence-corrected chi connectivity index (χ0v) is 8.75. The number of aliphatic hydroxyl groups excluding tert-OH is 1. The van der Waals surface area contributed by atoms with E-state index in [2.05, 4.69) is 0 Å². The van der Waals surface area contributed by atoms with Crippen LogP contribution in [0.3, 0.4) is 0 Å². The maximum absolute atomic E-state index is 11.0. The van der Waals surface area contributed by atoms with E-state index in [1.54, 1.807) is 10.8 Å². The highest BCUT2D eigenvalue weighted by Gasteiger charge is 2.06. The third kappa shape index (κ3) is 2.49. The van der Waals surface area contributed by atoms with Gasteiger partial charge in [0.1, 0.15) is 0 Å². The van der Waals surface area contributed by atoms with E-state index in [4.69, 9.17) is 5.11 Å². The van der Waals surface area contributed by atoms with Crippen molar-refractivity contribution in [3.05, 3.63) is 28.2 Å². The summed E-state index contributed by atoms with van der Waals surface area (Å²) in [6.45, 7) is 2.24. The molecule has 0 unspecified atom stereocenters. The average molecular weight is 220 g/mol. The van der Waals surface area contributed by atoms with E-state index in [9.17, 15) is 9.90 Å². The number of aromatic hydroxyl groups is 1. The molecule has 0 saturated heterocycles. The van der Waals surface area contributed by atoms with E-state index in [0.29, 0.717) is 18.7 Å². The molecule has 5 heteroatoms. The highest BCUT2D eigenvalue weighted by atomic mass is 35.5. The minimum Gasteiger partial charge on any atom is -0.503 e. The van der Waals surface area contributed by atoms with Gasteiger partial charge in [0.05, 0.1) is 12.3 Å². The summed E-state index contributed by atoms with van der Waals surface area (Å²) in [6, 6.07) is 1.30. The van der Waals surface area contributed by atoms with Gasteiger partial charge in [0.25, 0.3) is 0 Å². The van der Waals surface area contributed by atoms with Crippen LogP contribution < -0.4 is 5.43 Å². The van der Waals surface area contributed by atoms with E-state index in [1.165, 1.54) is 6.07 Å². The van der Waals surface area contributed by atoms with Crippen LogP contribution in [-0.4, -0.2) is 21.4 Å². The minimum atomic E-state index is -0.369. The summed E-state index contributed by atoms with van der Waals surface area (Å²) < 4.78 is 1.68. The van der Waals surface area contributed by atoms with Gasteiger partial charge in [-0.1, -0.05) is 6.92 Å². The summed E-state index contributed by atoms with van der Waals surface area (Å²) in [4.78, 5) is 11.0. The number of nitrogens with zero attached hydrogens (tertiary/aromatic N) is 1. The Hall–Kier alpha value is -1.00. The number of aliphatic hydroxyl groups is 1. The van der Waals surface area contributed by atoms with E-state index >= 15 is 0 Å². The highest BCUT2D eigenvalue weighted by molar-refractivity contribution is 5.85. The Morgan fingerprint density at radius 2 is 2.14 bits per heavy atom. The summed E-state index contributed by atoms with van der Waals surface area (Å²) in [5.41, 5.74) is 0.201. The molecule has 0 aliphatic carbocycles. The lowest BCUT2D eigenvalue weighted by atomic mass is 10.2. The molecule has 1 aromatic heterocycles. The lowest BCUT2D eigenvalue weighted by Gasteiger charge is -2.11. The molecule has 80 valence electrons. The largest absolute Gasteiger partial charge is 0.503 e. The average Bonchev–Trinajstić information content (AvgIpc) is 2.12. The van der Waals surface area contributed by atoms with E-state index in [-0.39, 0.29) is 30.2 Å². The second kappa shape index (κ2) is 5.67. The molecule has 14 heavy (non-hydrogen) atoms. The Labute approximate surface area is 88.2 Å². The first-order chi connectivity index (χ1) is 6.20. The van der Waals surface area contributed by atoms with Gasteiger partial charge in [0.2, 0.25) is 5.43 Å². The van der Waals surface area contributed by atoms with Crippen LogP contribution in [0, 0.1) is 0 Å². The Bertz CT molecular complexity index is 348. The molecule has 0 aliphatic heterocycles. The molecule has 0 radical (unpaired) electrons. The van der Waals surface area contributed by atoms with Crippen LogP contribution in [-0.2, 0) is 13.0 Å². The maximum Gasteiger partial charge on any atom is 0.223 e. The molecule has 0 aromatic carbocycles. The Morgan fingerprint density at radius 1 is 1.50 bits per heavy atom. The van der Waals surface area contributed by atoms with E-state index in [0.717, 1.165) is 0 Å². The summed E-state index contributed by atoms with van der Waals surface area (Å²) in [7, 11) is 0. The van der Waals surface area contributed by atoms with Crippen LogP contribution in [0.5, 0.6) is 5.75 Å². The van der Waals surface area contributed by atoms with Gasteiger partial charge in [-0.2, -0.15) is 0 Å². The van der Waals surface area contributed by atoms with Crippen molar-refractivity contribution in [2.24, 2.45) is 0 Å². The third-order valence-electron chi connectivity index (χ3n) is 1.94. The van der Waals surface area contributed by atoms with Crippen molar-refractivity contribution < 1.29 is 10.2 Å². The standard InChI is InChI=1S/C9H13NO3.ClH/c1-2-7-9(13)8(12)3-4-10(7)5-6-11;/h3-4,11,13H,2,5-6H2,1H3;1H. The van der Waals surface area contributed by atoms with Gasteiger partial charge in [-0.05, 0) is 6.42 Å². The first-order valence-electron chi connectivity index (χ1n) is 4.22. The fraction of sp³-hybridized carbons (Fsp3) is 0.444. The molecular weight excluding hydrogens is 206 g/mol. The van der Waals surface area contributed by atoms with Gasteiger partial charge in [0.15, 0.2) is 5.75 Å². The van der Waals surface area contributed by atoms with Crippen LogP contribution >= 0.6 is 12.4 Å². The fourth-order valence-electron chi connectivity index (χ4n) is 1.29. The van der Waals surface area contributed by atoms with Gasteiger partial charge in [0, 0.05) is 18.8 Å². The SMILES string of the molecule is CCc1c(O)c(=O)ccn1CCO.Cl. The zero-order valence-electron chi connectivity index (χ0n) is 7.93. The first-order valence-corrected chi connectivity index (χ1v) is 4.22. The lowest BCUT2D eigenvalue weighted by molar-refractivity contribution is 0.273. The molecule has 0 amide bonds. The van der Waals surface area contributed by atoms with Crippen molar-refractivity contribution in [2.75, 3.05) is 6.61 Å². The van der Waals surface area contributed by atoms with Crippen molar-refractivity contribution in [3.8, 4) is 5.75 Å². The Kier molecular flexibility index (Phi) is 5.27. The maximum atomic E-state index is 11.0. The van der Waals surface area contributed by atoms with Crippen molar-refractivity contribution in [1.29, 1.82) is 0 Å². The summed E-state index contributed by atoms with van der Waals surface area (Å²) in [5, 5.41) is 18.1. The summed E-state index contributed by atoms with van der Waals surface area (Å²) in [6.07, 6.45) is 2.15. The zero-order chi connectivity index (χ0) is 9.84. The van der Waals surface area contributed by atoms with Crippen molar-refractivity contribution >= 4 is 12.4 Å². The van der Waals surface area contributed by atoms with Gasteiger partial charge < -0.3 is 14.8 Å². The topological polar surface area (TPSA) is 62.5 Å². The molecule has 1 aromatic rings. The molecule has 0 saturated carbocycles. The molecule has 0 atom stereocenters. The van der Waals surface area contributed by atoms with Crippen molar-refractivity contribution in [3.63, 3.8) is 0 Å². The van der Waals surface area contributed by atoms with Crippen molar-refractivity contribution in [1.82, 2.24) is 4.57 Å². The van der Waals surface area contributed by atoms with Crippen LogP contribution in [0.2, 0.25) is 0 Å². The molecule has 0 bridgehead atoms. The number of hydrogen-bond acceptors (Lipinski definition) is 3. The lowest BCUT2D eigenvalue weighted by Crippen LogP contribution is -2.13. The van der Waals surface area contributed by atoms with Crippen LogP contribution in [0.15, 0.2) is 17.1 Å². The summed E-state index contributed by atoms with van der Waals surface area (Å²) in [5.74, 6) is -0.210. The predicted octanol–water partition coefficient (Wildman–Crippen LogP) is 0.530. The molecule has 4 nitrogen and oxygen atoms in total. The number of hydrogen-bond donors (Lipinski definition) is 2. The minimum absolute atomic E-state index is 0. The van der Waals surface area contributed by atoms with E-state index < -0.39 is 0 Å². The molecule has 0 aliphatic rings. The number of halogens is 1. The molecule has 1 rings (SSSR count). The number of rotatable bonds is 3. The normalized spacial score (nSPS) is 9.57. The Morgan fingerprint density at radius 3 is 2.64 bits per heavy atom. The quantitative estimate of drug-likeness (QED) is 0.780.